The van der Waals surface area contributed by atoms with E-state index in [4.69, 9.17) is 9.72 Å². The maximum atomic E-state index is 13.9. The summed E-state index contributed by atoms with van der Waals surface area (Å²) in [7, 11) is 1.62. The second kappa shape index (κ2) is 13.3. The zero-order valence-corrected chi connectivity index (χ0v) is 23.2. The van der Waals surface area contributed by atoms with E-state index in [9.17, 15) is 9.59 Å². The van der Waals surface area contributed by atoms with Gasteiger partial charge in [-0.2, -0.15) is 0 Å². The van der Waals surface area contributed by atoms with Gasteiger partial charge in [0, 0.05) is 25.6 Å². The number of nitrogens with one attached hydrogen (secondary N) is 1. The number of benzene rings is 3. The molecule has 1 aromatic heterocycles. The molecule has 5 rings (SSSR count). The van der Waals surface area contributed by atoms with Crippen molar-refractivity contribution in [2.24, 2.45) is 0 Å². The topological polar surface area (TPSA) is 76.5 Å². The highest BCUT2D eigenvalue weighted by Crippen LogP contribution is 2.25. The van der Waals surface area contributed by atoms with Crippen LogP contribution in [0.3, 0.4) is 0 Å². The second-order valence-corrected chi connectivity index (χ2v) is 10.5. The van der Waals surface area contributed by atoms with Gasteiger partial charge in [0.2, 0.25) is 11.8 Å². The lowest BCUT2D eigenvalue weighted by Gasteiger charge is -2.35. The Kier molecular flexibility index (Phi) is 9.11. The molecule has 2 amide bonds. The number of rotatable bonds is 11. The third-order valence-electron chi connectivity index (χ3n) is 7.75. The normalized spacial score (nSPS) is 13.7. The number of methoxy groups -OCH3 is 1. The number of fused-ring (bicyclic) bond motifs is 1. The van der Waals surface area contributed by atoms with Crippen molar-refractivity contribution >= 4 is 22.8 Å². The highest BCUT2D eigenvalue weighted by molar-refractivity contribution is 5.81. The third kappa shape index (κ3) is 6.89. The van der Waals surface area contributed by atoms with Crippen LogP contribution in [-0.4, -0.2) is 46.0 Å². The van der Waals surface area contributed by atoms with E-state index in [2.05, 4.69) is 22.3 Å². The van der Waals surface area contributed by atoms with Crippen LogP contribution in [0.15, 0.2) is 78.9 Å². The van der Waals surface area contributed by atoms with Crippen molar-refractivity contribution in [2.45, 2.75) is 64.1 Å². The van der Waals surface area contributed by atoms with E-state index >= 15 is 0 Å². The van der Waals surface area contributed by atoms with Crippen LogP contribution in [0.2, 0.25) is 0 Å². The molecule has 0 atom stereocenters. The Hall–Kier alpha value is -4.13. The van der Waals surface area contributed by atoms with E-state index in [0.717, 1.165) is 46.6 Å². The Morgan fingerprint density at radius 2 is 1.65 bits per heavy atom. The van der Waals surface area contributed by atoms with Gasteiger partial charge in [-0.05, 0) is 48.2 Å². The Balaban J connectivity index is 1.29. The zero-order chi connectivity index (χ0) is 27.7. The minimum Gasteiger partial charge on any atom is -0.497 e. The molecule has 1 heterocycles. The van der Waals surface area contributed by atoms with Gasteiger partial charge in [-0.3, -0.25) is 9.59 Å². The van der Waals surface area contributed by atoms with Crippen molar-refractivity contribution in [3.05, 3.63) is 95.8 Å². The molecule has 208 valence electrons. The number of nitrogens with zero attached hydrogens (tertiary/aromatic N) is 3. The Morgan fingerprint density at radius 3 is 2.40 bits per heavy atom. The fraction of sp³-hybridized carbons (Fsp3) is 0.364. The summed E-state index contributed by atoms with van der Waals surface area (Å²) in [6.45, 7) is 1.30. The van der Waals surface area contributed by atoms with Crippen LogP contribution in [0.5, 0.6) is 5.75 Å². The van der Waals surface area contributed by atoms with Crippen molar-refractivity contribution in [3.63, 3.8) is 0 Å². The number of hydrogen-bond donors (Lipinski definition) is 1. The molecule has 3 aromatic carbocycles. The molecule has 1 aliphatic rings. The molecule has 0 radical (unpaired) electrons. The van der Waals surface area contributed by atoms with Gasteiger partial charge in [-0.1, -0.05) is 73.9 Å². The summed E-state index contributed by atoms with van der Waals surface area (Å²) in [5.41, 5.74) is 3.88. The third-order valence-corrected chi connectivity index (χ3v) is 7.75. The Bertz CT molecular complexity index is 1410. The molecule has 40 heavy (non-hydrogen) atoms. The number of hydrogen-bond acceptors (Lipinski definition) is 4. The van der Waals surface area contributed by atoms with Gasteiger partial charge in [0.05, 0.1) is 24.6 Å². The summed E-state index contributed by atoms with van der Waals surface area (Å²) in [6, 6.07) is 26.0. The minimum atomic E-state index is -0.0461. The maximum absolute atomic E-state index is 13.9. The van der Waals surface area contributed by atoms with Crippen LogP contribution in [0.4, 0.5) is 0 Å². The van der Waals surface area contributed by atoms with Crippen molar-refractivity contribution in [2.75, 3.05) is 13.7 Å². The molecule has 0 bridgehead atoms. The summed E-state index contributed by atoms with van der Waals surface area (Å²) in [4.78, 5) is 33.5. The zero-order valence-electron chi connectivity index (χ0n) is 23.2. The van der Waals surface area contributed by atoms with E-state index in [1.165, 1.54) is 19.3 Å². The first-order chi connectivity index (χ1) is 19.6. The van der Waals surface area contributed by atoms with Crippen LogP contribution in [0, 0.1) is 0 Å². The first-order valence-corrected chi connectivity index (χ1v) is 14.3. The number of imidazole rings is 1. The molecule has 0 spiro atoms. The van der Waals surface area contributed by atoms with E-state index in [1.807, 2.05) is 71.3 Å². The average Bonchev–Trinajstić information content (AvgIpc) is 3.34. The fourth-order valence-corrected chi connectivity index (χ4v) is 5.62. The Morgan fingerprint density at radius 1 is 0.925 bits per heavy atom. The number of carbonyl (C=O) groups excluding carboxylic acids is 2. The molecule has 0 saturated heterocycles. The molecule has 7 heteroatoms. The van der Waals surface area contributed by atoms with Crippen LogP contribution in [-0.2, 0) is 35.5 Å². The quantitative estimate of drug-likeness (QED) is 0.281. The molecule has 0 unspecified atom stereocenters. The summed E-state index contributed by atoms with van der Waals surface area (Å²) in [5, 5.41) is 3.02. The fourth-order valence-electron chi connectivity index (χ4n) is 5.62. The summed E-state index contributed by atoms with van der Waals surface area (Å²) in [5.74, 6) is 1.64. The van der Waals surface area contributed by atoms with Gasteiger partial charge in [-0.15, -0.1) is 0 Å². The van der Waals surface area contributed by atoms with Gasteiger partial charge in [-0.25, -0.2) is 4.98 Å². The predicted molar refractivity (Wildman–Crippen MR) is 157 cm³/mol. The van der Waals surface area contributed by atoms with Gasteiger partial charge >= 0.3 is 0 Å². The second-order valence-electron chi connectivity index (χ2n) is 10.5. The minimum absolute atomic E-state index is 0.0461. The summed E-state index contributed by atoms with van der Waals surface area (Å²) in [6.07, 6.45) is 6.52. The van der Waals surface area contributed by atoms with Gasteiger partial charge in [0.15, 0.2) is 0 Å². The van der Waals surface area contributed by atoms with E-state index < -0.39 is 0 Å². The molecule has 1 N–H and O–H groups in total. The van der Waals surface area contributed by atoms with Gasteiger partial charge < -0.3 is 19.5 Å². The number of amides is 2. The van der Waals surface area contributed by atoms with Crippen molar-refractivity contribution in [1.29, 1.82) is 0 Å². The molecule has 1 fully saturated rings. The first-order valence-electron chi connectivity index (χ1n) is 14.3. The van der Waals surface area contributed by atoms with Gasteiger partial charge in [0.1, 0.15) is 18.1 Å². The first kappa shape index (κ1) is 27.4. The van der Waals surface area contributed by atoms with Crippen molar-refractivity contribution in [1.82, 2.24) is 19.8 Å². The highest BCUT2D eigenvalue weighted by Gasteiger charge is 2.27. The van der Waals surface area contributed by atoms with E-state index in [0.29, 0.717) is 25.9 Å². The maximum Gasteiger partial charge on any atom is 0.243 e. The van der Waals surface area contributed by atoms with Crippen molar-refractivity contribution < 1.29 is 14.3 Å². The molecule has 7 nitrogen and oxygen atoms in total. The molecular weight excluding hydrogens is 500 g/mol. The largest absolute Gasteiger partial charge is 0.497 e. The number of ether oxygens (including phenoxy) is 1. The standard InChI is InChI=1S/C33H38N4O3/c1-40-28-18-16-25(17-19-28)22-32(38)34-21-20-31-35-29-14-8-9-15-30(29)37(31)24-33(39)36(27-12-6-3-7-13-27)23-26-10-4-2-5-11-26/h2,4-5,8-11,14-19,27H,3,6-7,12-13,20-24H2,1H3,(H,34,38). The predicted octanol–water partition coefficient (Wildman–Crippen LogP) is 5.31. The molecular formula is C33H38N4O3. The van der Waals surface area contributed by atoms with Crippen molar-refractivity contribution in [3.8, 4) is 5.75 Å². The molecule has 1 aliphatic carbocycles. The number of carbonyl (C=O) groups is 2. The summed E-state index contributed by atoms with van der Waals surface area (Å²) < 4.78 is 7.23. The number of aromatic nitrogens is 2. The monoisotopic (exact) mass is 538 g/mol. The summed E-state index contributed by atoms with van der Waals surface area (Å²) >= 11 is 0. The molecule has 0 aliphatic heterocycles. The SMILES string of the molecule is COc1ccc(CC(=O)NCCc2nc3ccccc3n2CC(=O)N(Cc2ccccc2)C2CCCCC2)cc1. The molecule has 1 saturated carbocycles. The lowest BCUT2D eigenvalue weighted by atomic mass is 9.93. The van der Waals surface area contributed by atoms with Crippen LogP contribution in [0.1, 0.15) is 49.1 Å². The van der Waals surface area contributed by atoms with Gasteiger partial charge in [0.25, 0.3) is 0 Å². The van der Waals surface area contributed by atoms with Crippen LogP contribution in [0.25, 0.3) is 11.0 Å². The smallest absolute Gasteiger partial charge is 0.243 e. The highest BCUT2D eigenvalue weighted by atomic mass is 16.5. The molecule has 4 aromatic rings. The average molecular weight is 539 g/mol. The van der Waals surface area contributed by atoms with E-state index in [-0.39, 0.29) is 24.4 Å². The van der Waals surface area contributed by atoms with E-state index in [1.54, 1.807) is 7.11 Å². The van der Waals surface area contributed by atoms with Crippen LogP contribution >= 0.6 is 0 Å². The van der Waals surface area contributed by atoms with Crippen LogP contribution < -0.4 is 10.1 Å². The lowest BCUT2D eigenvalue weighted by molar-refractivity contribution is -0.135. The number of para-hydroxylation sites is 2. The lowest BCUT2D eigenvalue weighted by Crippen LogP contribution is -2.42. The Labute approximate surface area is 236 Å².